The first kappa shape index (κ1) is 37.5. The second kappa shape index (κ2) is 20.2. The maximum Gasteiger partial charge on any atom is 0.229 e. The summed E-state index contributed by atoms with van der Waals surface area (Å²) in [6, 6.07) is 30.6. The molecule has 0 saturated heterocycles. The molecule has 9 nitrogen and oxygen atoms in total. The van der Waals surface area contributed by atoms with Gasteiger partial charge in [0.1, 0.15) is 30.5 Å². The van der Waals surface area contributed by atoms with Crippen LogP contribution in [0.5, 0.6) is 17.2 Å². The third kappa shape index (κ3) is 14.7. The van der Waals surface area contributed by atoms with Crippen molar-refractivity contribution in [2.24, 2.45) is 0 Å². The Morgan fingerprint density at radius 3 is 2.04 bits per heavy atom. The van der Waals surface area contributed by atoms with Crippen molar-refractivity contribution in [3.8, 4) is 17.2 Å². The summed E-state index contributed by atoms with van der Waals surface area (Å²) < 4.78 is 43.3. The molecule has 1 unspecified atom stereocenters. The summed E-state index contributed by atoms with van der Waals surface area (Å²) in [4.78, 5) is 0. The van der Waals surface area contributed by atoms with Gasteiger partial charge >= 0.3 is 0 Å². The first-order valence-corrected chi connectivity index (χ1v) is 18.6. The van der Waals surface area contributed by atoms with Crippen LogP contribution in [-0.2, 0) is 28.0 Å². The summed E-state index contributed by atoms with van der Waals surface area (Å²) in [5.74, 6) is 1.32. The van der Waals surface area contributed by atoms with Gasteiger partial charge in [-0.3, -0.25) is 4.72 Å². The molecule has 0 aliphatic rings. The minimum atomic E-state index is -3.54. The highest BCUT2D eigenvalue weighted by Crippen LogP contribution is 2.28. The average molecular weight is 689 g/mol. The molecule has 0 spiro atoms. The highest BCUT2D eigenvalue weighted by atomic mass is 32.2. The number of aliphatic hydroxyl groups is 1. The van der Waals surface area contributed by atoms with Crippen LogP contribution in [0.2, 0.25) is 0 Å². The van der Waals surface area contributed by atoms with E-state index in [2.05, 4.69) is 22.2 Å². The number of rotatable bonds is 22. The number of sulfonamides is 1. The summed E-state index contributed by atoms with van der Waals surface area (Å²) in [5.41, 5.74) is 3.78. The van der Waals surface area contributed by atoms with Crippen molar-refractivity contribution in [3.05, 3.63) is 125 Å². The monoisotopic (exact) mass is 688 g/mol. The Kier molecular flexibility index (Phi) is 15.5. The van der Waals surface area contributed by atoms with Gasteiger partial charge in [-0.1, -0.05) is 91.7 Å². The lowest BCUT2D eigenvalue weighted by molar-refractivity contribution is 0.134. The Morgan fingerprint density at radius 1 is 0.776 bits per heavy atom. The number of hydrogen-bond donors (Lipinski definition) is 4. The van der Waals surface area contributed by atoms with Gasteiger partial charge in [0.05, 0.1) is 24.7 Å². The fourth-order valence-electron chi connectivity index (χ4n) is 5.02. The third-order valence-electron chi connectivity index (χ3n) is 7.57. The zero-order valence-corrected chi connectivity index (χ0v) is 28.9. The van der Waals surface area contributed by atoms with E-state index in [1.54, 1.807) is 6.07 Å². The zero-order valence-electron chi connectivity index (χ0n) is 28.1. The molecular weight excluding hydrogens is 641 g/mol. The minimum Gasteiger partial charge on any atom is -0.506 e. The quantitative estimate of drug-likeness (QED) is 0.0504. The number of aromatic hydroxyl groups is 1. The number of nitrogens with one attached hydrogen (secondary N) is 2. The molecule has 0 saturated carbocycles. The first-order chi connectivity index (χ1) is 23.7. The van der Waals surface area contributed by atoms with Crippen LogP contribution in [0.4, 0.5) is 5.69 Å². The molecule has 0 heterocycles. The predicted molar refractivity (Wildman–Crippen MR) is 195 cm³/mol. The Balaban J connectivity index is 1.10. The fraction of sp³-hybridized carbons (Fsp3) is 0.333. The summed E-state index contributed by atoms with van der Waals surface area (Å²) in [6.45, 7) is 3.41. The SMILES string of the molecule is CS(=O)(=O)Nc1cc(C(O)CNCCCCCCOCC/C=C/c2cc(OCc3ccccc3)cc(OCc3ccccc3)c2)ccc1O. The lowest BCUT2D eigenvalue weighted by Gasteiger charge is -2.14. The third-order valence-corrected chi connectivity index (χ3v) is 8.16. The van der Waals surface area contributed by atoms with Crippen molar-refractivity contribution >= 4 is 21.8 Å². The van der Waals surface area contributed by atoms with Gasteiger partial charge in [0.15, 0.2) is 0 Å². The van der Waals surface area contributed by atoms with Crippen LogP contribution in [0.15, 0.2) is 103 Å². The molecular formula is C39H48N2O7S. The normalized spacial score (nSPS) is 12.2. The van der Waals surface area contributed by atoms with E-state index in [1.807, 2.05) is 78.9 Å². The standard InChI is InChI=1S/C39H48N2O7S/c1-49(44,45)41-37-26-34(19-20-38(37)42)39(43)28-40-21-11-2-3-12-22-46-23-13-10-18-33-24-35(47-29-31-14-6-4-7-15-31)27-36(25-33)48-30-32-16-8-5-9-17-32/h4-10,14-20,24-27,39-43H,2-3,11-13,21-23,28-30H2,1H3/b18-10+. The van der Waals surface area contributed by atoms with Crippen LogP contribution in [-0.4, -0.2) is 51.2 Å². The van der Waals surface area contributed by atoms with Crippen LogP contribution < -0.4 is 19.5 Å². The highest BCUT2D eigenvalue weighted by molar-refractivity contribution is 7.92. The molecule has 1 atom stereocenters. The van der Waals surface area contributed by atoms with Gasteiger partial charge in [0.2, 0.25) is 10.0 Å². The molecule has 0 fully saturated rings. The molecule has 4 rings (SSSR count). The maximum atomic E-state index is 11.5. The molecule has 10 heteroatoms. The van der Waals surface area contributed by atoms with Gasteiger partial charge in [-0.05, 0) is 72.3 Å². The van der Waals surface area contributed by atoms with E-state index in [0.29, 0.717) is 38.5 Å². The number of unbranched alkanes of at least 4 members (excludes halogenated alkanes) is 3. The Labute approximate surface area is 290 Å². The predicted octanol–water partition coefficient (Wildman–Crippen LogP) is 7.23. The second-order valence-corrected chi connectivity index (χ2v) is 13.6. The summed E-state index contributed by atoms with van der Waals surface area (Å²) in [7, 11) is -3.54. The van der Waals surface area contributed by atoms with Crippen LogP contribution in [0, 0.1) is 0 Å². The number of hydrogen-bond acceptors (Lipinski definition) is 8. The van der Waals surface area contributed by atoms with Crippen LogP contribution in [0.1, 0.15) is 60.5 Å². The molecule has 0 bridgehead atoms. The topological polar surface area (TPSA) is 126 Å². The van der Waals surface area contributed by atoms with Crippen LogP contribution in [0.3, 0.4) is 0 Å². The van der Waals surface area contributed by atoms with E-state index in [0.717, 1.165) is 73.1 Å². The van der Waals surface area contributed by atoms with E-state index in [9.17, 15) is 18.6 Å². The Hall–Kier alpha value is -4.35. The highest BCUT2D eigenvalue weighted by Gasteiger charge is 2.13. The van der Waals surface area contributed by atoms with Crippen molar-refractivity contribution in [3.63, 3.8) is 0 Å². The smallest absolute Gasteiger partial charge is 0.229 e. The fourth-order valence-corrected chi connectivity index (χ4v) is 5.58. The largest absolute Gasteiger partial charge is 0.506 e. The lowest BCUT2D eigenvalue weighted by Crippen LogP contribution is -2.22. The number of benzene rings is 4. The van der Waals surface area contributed by atoms with Crippen LogP contribution in [0.25, 0.3) is 6.08 Å². The van der Waals surface area contributed by atoms with E-state index >= 15 is 0 Å². The summed E-state index contributed by atoms with van der Waals surface area (Å²) in [5, 5.41) is 23.6. The van der Waals surface area contributed by atoms with Crippen molar-refractivity contribution < 1.29 is 32.8 Å². The zero-order chi connectivity index (χ0) is 34.7. The van der Waals surface area contributed by atoms with Gasteiger partial charge in [-0.2, -0.15) is 0 Å². The molecule has 4 N–H and O–H groups in total. The van der Waals surface area contributed by atoms with E-state index in [4.69, 9.17) is 14.2 Å². The number of anilines is 1. The molecule has 0 amide bonds. The van der Waals surface area contributed by atoms with Crippen molar-refractivity contribution in [1.29, 1.82) is 0 Å². The summed E-state index contributed by atoms with van der Waals surface area (Å²) in [6.07, 6.45) is 9.22. The van der Waals surface area contributed by atoms with Crippen molar-refractivity contribution in [2.75, 3.05) is 37.3 Å². The number of phenolic OH excluding ortho intramolecular Hbond substituents is 1. The molecule has 0 radical (unpaired) electrons. The molecule has 4 aromatic carbocycles. The van der Waals surface area contributed by atoms with E-state index in [1.165, 1.54) is 12.1 Å². The average Bonchev–Trinajstić information content (AvgIpc) is 3.09. The van der Waals surface area contributed by atoms with Gasteiger partial charge < -0.3 is 29.7 Å². The number of phenols is 1. The van der Waals surface area contributed by atoms with Gasteiger partial charge in [0, 0.05) is 19.2 Å². The molecule has 0 aliphatic carbocycles. The van der Waals surface area contributed by atoms with Gasteiger partial charge in [-0.25, -0.2) is 8.42 Å². The first-order valence-electron chi connectivity index (χ1n) is 16.7. The molecule has 0 aromatic heterocycles. The Morgan fingerprint density at radius 2 is 1.41 bits per heavy atom. The number of aliphatic hydroxyl groups excluding tert-OH is 1. The molecule has 4 aromatic rings. The van der Waals surface area contributed by atoms with Crippen LogP contribution >= 0.6 is 0 Å². The maximum absolute atomic E-state index is 11.5. The van der Waals surface area contributed by atoms with Gasteiger partial charge in [-0.15, -0.1) is 0 Å². The van der Waals surface area contributed by atoms with Gasteiger partial charge in [0.25, 0.3) is 0 Å². The second-order valence-electron chi connectivity index (χ2n) is 11.9. The van der Waals surface area contributed by atoms with E-state index < -0.39 is 16.1 Å². The Bertz CT molecular complexity index is 1620. The molecule has 262 valence electrons. The minimum absolute atomic E-state index is 0.0474. The van der Waals surface area contributed by atoms with E-state index in [-0.39, 0.29) is 11.4 Å². The summed E-state index contributed by atoms with van der Waals surface area (Å²) >= 11 is 0. The molecule has 49 heavy (non-hydrogen) atoms. The molecule has 0 aliphatic heterocycles. The van der Waals surface area contributed by atoms with Crippen molar-refractivity contribution in [1.82, 2.24) is 5.32 Å². The van der Waals surface area contributed by atoms with Crippen molar-refractivity contribution in [2.45, 2.75) is 51.4 Å². The lowest BCUT2D eigenvalue weighted by atomic mass is 10.1. The number of ether oxygens (including phenoxy) is 3.